The van der Waals surface area contributed by atoms with Gasteiger partial charge in [-0.25, -0.2) is 0 Å². The fourth-order valence-electron chi connectivity index (χ4n) is 2.93. The first-order chi connectivity index (χ1) is 11.2. The molecule has 0 bridgehead atoms. The molecule has 2 rings (SSSR count). The second-order valence-corrected chi connectivity index (χ2v) is 7.09. The number of Topliss-reactive ketones (excluding diaryl/α,β-unsaturated/α-hetero) is 1. The zero-order chi connectivity index (χ0) is 18.1. The summed E-state index contributed by atoms with van der Waals surface area (Å²) in [5.41, 5.74) is 1.30. The molecule has 24 heavy (non-hydrogen) atoms. The van der Waals surface area contributed by atoms with E-state index < -0.39 is 23.1 Å². The highest BCUT2D eigenvalue weighted by atomic mass is 16.5. The summed E-state index contributed by atoms with van der Waals surface area (Å²) in [4.78, 5) is 27.0. The minimum absolute atomic E-state index is 0.179. The number of aliphatic hydroxyl groups is 1. The van der Waals surface area contributed by atoms with Gasteiger partial charge in [0.2, 0.25) is 0 Å². The molecule has 1 unspecified atom stereocenters. The van der Waals surface area contributed by atoms with Gasteiger partial charge in [-0.05, 0) is 18.1 Å². The number of benzene rings is 1. The van der Waals surface area contributed by atoms with E-state index in [0.29, 0.717) is 13.2 Å². The second kappa shape index (κ2) is 6.77. The Labute approximate surface area is 142 Å². The third-order valence-corrected chi connectivity index (χ3v) is 4.25. The van der Waals surface area contributed by atoms with Gasteiger partial charge in [0.05, 0.1) is 18.2 Å². The highest BCUT2D eigenvalue weighted by Crippen LogP contribution is 2.41. The highest BCUT2D eigenvalue weighted by molar-refractivity contribution is 6.10. The molecule has 0 aliphatic carbocycles. The summed E-state index contributed by atoms with van der Waals surface area (Å²) in [6, 6.07) is 7.02. The van der Waals surface area contributed by atoms with Crippen LogP contribution in [0.5, 0.6) is 0 Å². The summed E-state index contributed by atoms with van der Waals surface area (Å²) < 4.78 is 5.09. The Morgan fingerprint density at radius 2 is 1.92 bits per heavy atom. The third-order valence-electron chi connectivity index (χ3n) is 4.25. The minimum Gasteiger partial charge on any atom is -0.503 e. The third kappa shape index (κ3) is 3.22. The Hall–Kier alpha value is -2.14. The van der Waals surface area contributed by atoms with Crippen molar-refractivity contribution in [3.8, 4) is 0 Å². The maximum Gasteiger partial charge on any atom is 0.290 e. The molecule has 0 saturated heterocycles. The van der Waals surface area contributed by atoms with Gasteiger partial charge in [0.25, 0.3) is 5.91 Å². The van der Waals surface area contributed by atoms with Crippen LogP contribution in [-0.4, -0.2) is 42.0 Å². The average Bonchev–Trinajstić information content (AvgIpc) is 2.76. The van der Waals surface area contributed by atoms with Gasteiger partial charge in [0.15, 0.2) is 11.5 Å². The number of nitrogens with zero attached hydrogens (tertiary/aromatic N) is 1. The van der Waals surface area contributed by atoms with Gasteiger partial charge in [0.1, 0.15) is 0 Å². The molecule has 1 aliphatic heterocycles. The van der Waals surface area contributed by atoms with E-state index in [4.69, 9.17) is 4.74 Å². The van der Waals surface area contributed by atoms with Crippen molar-refractivity contribution in [1.82, 2.24) is 4.90 Å². The number of ether oxygens (including phenoxy) is 1. The number of hydrogen-bond donors (Lipinski definition) is 1. The van der Waals surface area contributed by atoms with Crippen LogP contribution in [0.2, 0.25) is 0 Å². The summed E-state index contributed by atoms with van der Waals surface area (Å²) in [7, 11) is 1.55. The first-order valence-corrected chi connectivity index (χ1v) is 8.03. The van der Waals surface area contributed by atoms with E-state index in [1.807, 2.05) is 31.2 Å². The van der Waals surface area contributed by atoms with Gasteiger partial charge in [0, 0.05) is 19.1 Å². The molecule has 1 N–H and O–H groups in total. The monoisotopic (exact) mass is 331 g/mol. The smallest absolute Gasteiger partial charge is 0.290 e. The number of methoxy groups -OCH3 is 1. The standard InChI is InChI=1S/C19H25NO4/c1-12-8-6-7-9-13(12)15-14(17(22)19(2,3)4)16(21)18(23)20(15)10-11-24-5/h6-9,15,21H,10-11H2,1-5H3. The predicted molar refractivity (Wildman–Crippen MR) is 91.6 cm³/mol. The van der Waals surface area contributed by atoms with Crippen molar-refractivity contribution in [2.45, 2.75) is 33.7 Å². The number of aliphatic hydroxyl groups excluding tert-OH is 1. The molecule has 0 fully saturated rings. The molecule has 1 heterocycles. The molecule has 0 aromatic heterocycles. The fraction of sp³-hybridized carbons (Fsp3) is 0.474. The zero-order valence-corrected chi connectivity index (χ0v) is 14.9. The molecule has 1 atom stereocenters. The molecular weight excluding hydrogens is 306 g/mol. The highest BCUT2D eigenvalue weighted by Gasteiger charge is 2.46. The van der Waals surface area contributed by atoms with E-state index in [1.165, 1.54) is 4.90 Å². The lowest BCUT2D eigenvalue weighted by Crippen LogP contribution is -2.35. The summed E-state index contributed by atoms with van der Waals surface area (Å²) in [5, 5.41) is 10.4. The molecule has 1 amide bonds. The van der Waals surface area contributed by atoms with Crippen LogP contribution in [0.1, 0.15) is 37.9 Å². The van der Waals surface area contributed by atoms with Gasteiger partial charge in [-0.15, -0.1) is 0 Å². The first-order valence-electron chi connectivity index (χ1n) is 8.03. The van der Waals surface area contributed by atoms with Crippen molar-refractivity contribution < 1.29 is 19.4 Å². The maximum absolute atomic E-state index is 12.9. The molecule has 1 aliphatic rings. The van der Waals surface area contributed by atoms with E-state index >= 15 is 0 Å². The van der Waals surface area contributed by atoms with Gasteiger partial charge in [-0.1, -0.05) is 45.0 Å². The summed E-state index contributed by atoms with van der Waals surface area (Å²) >= 11 is 0. The molecule has 0 spiro atoms. The Bertz CT molecular complexity index is 685. The zero-order valence-electron chi connectivity index (χ0n) is 14.9. The number of hydrogen-bond acceptors (Lipinski definition) is 4. The summed E-state index contributed by atoms with van der Waals surface area (Å²) in [5.74, 6) is -1.19. The van der Waals surface area contributed by atoms with E-state index in [-0.39, 0.29) is 11.4 Å². The molecule has 0 saturated carbocycles. The van der Waals surface area contributed by atoms with Crippen molar-refractivity contribution in [2.75, 3.05) is 20.3 Å². The van der Waals surface area contributed by atoms with Crippen LogP contribution in [0, 0.1) is 12.3 Å². The molecule has 130 valence electrons. The number of aryl methyl sites for hydroxylation is 1. The normalized spacial score (nSPS) is 18.5. The minimum atomic E-state index is -0.693. The molecule has 0 radical (unpaired) electrons. The number of ketones is 1. The number of carbonyl (C=O) groups excluding carboxylic acids is 2. The fourth-order valence-corrected chi connectivity index (χ4v) is 2.93. The molecule has 5 heteroatoms. The van der Waals surface area contributed by atoms with E-state index in [1.54, 1.807) is 27.9 Å². The van der Waals surface area contributed by atoms with E-state index in [0.717, 1.165) is 11.1 Å². The Kier molecular flexibility index (Phi) is 5.13. The van der Waals surface area contributed by atoms with Crippen molar-refractivity contribution in [3.63, 3.8) is 0 Å². The summed E-state index contributed by atoms with van der Waals surface area (Å²) in [6.07, 6.45) is 0. The van der Waals surface area contributed by atoms with Gasteiger partial charge >= 0.3 is 0 Å². The van der Waals surface area contributed by atoms with Crippen LogP contribution in [0.3, 0.4) is 0 Å². The van der Waals surface area contributed by atoms with Crippen molar-refractivity contribution in [2.24, 2.45) is 5.41 Å². The quantitative estimate of drug-likeness (QED) is 0.901. The van der Waals surface area contributed by atoms with Crippen molar-refractivity contribution in [3.05, 3.63) is 46.7 Å². The van der Waals surface area contributed by atoms with E-state index in [9.17, 15) is 14.7 Å². The van der Waals surface area contributed by atoms with Crippen LogP contribution in [0.25, 0.3) is 0 Å². The van der Waals surface area contributed by atoms with Gasteiger partial charge in [-0.3, -0.25) is 9.59 Å². The lowest BCUT2D eigenvalue weighted by molar-refractivity contribution is -0.130. The lowest BCUT2D eigenvalue weighted by Gasteiger charge is -2.29. The van der Waals surface area contributed by atoms with E-state index in [2.05, 4.69) is 0 Å². The Morgan fingerprint density at radius 1 is 1.29 bits per heavy atom. The predicted octanol–water partition coefficient (Wildman–Crippen LogP) is 2.95. The van der Waals surface area contributed by atoms with Crippen molar-refractivity contribution >= 4 is 11.7 Å². The number of carbonyl (C=O) groups is 2. The summed E-state index contributed by atoms with van der Waals surface area (Å²) in [6.45, 7) is 7.92. The molecule has 1 aromatic carbocycles. The van der Waals surface area contributed by atoms with Crippen LogP contribution >= 0.6 is 0 Å². The van der Waals surface area contributed by atoms with Gasteiger partial charge in [-0.2, -0.15) is 0 Å². The topological polar surface area (TPSA) is 66.8 Å². The second-order valence-electron chi connectivity index (χ2n) is 7.09. The molecular formula is C19H25NO4. The SMILES string of the molecule is COCCN1C(=O)C(O)=C(C(=O)C(C)(C)C)C1c1ccccc1C. The lowest BCUT2D eigenvalue weighted by atomic mass is 9.81. The Balaban J connectivity index is 2.59. The van der Waals surface area contributed by atoms with Crippen molar-refractivity contribution in [1.29, 1.82) is 0 Å². The van der Waals surface area contributed by atoms with Gasteiger partial charge < -0.3 is 14.7 Å². The van der Waals surface area contributed by atoms with Crippen LogP contribution in [0.15, 0.2) is 35.6 Å². The number of rotatable bonds is 5. The number of amides is 1. The largest absolute Gasteiger partial charge is 0.503 e. The van der Waals surface area contributed by atoms with Crippen LogP contribution in [0.4, 0.5) is 0 Å². The Morgan fingerprint density at radius 3 is 2.46 bits per heavy atom. The maximum atomic E-state index is 12.9. The average molecular weight is 331 g/mol. The van der Waals surface area contributed by atoms with Crippen LogP contribution in [-0.2, 0) is 14.3 Å². The molecule has 5 nitrogen and oxygen atoms in total. The van der Waals surface area contributed by atoms with Crippen LogP contribution < -0.4 is 0 Å². The first kappa shape index (κ1) is 18.2. The molecule has 1 aromatic rings.